The molecule has 1 amide bonds. The minimum atomic E-state index is -2.85. The van der Waals surface area contributed by atoms with E-state index in [0.29, 0.717) is 16.8 Å². The topological polar surface area (TPSA) is 79.5 Å². The molecular weight excluding hydrogens is 361 g/mol. The van der Waals surface area contributed by atoms with Crippen molar-refractivity contribution >= 4 is 41.4 Å². The summed E-state index contributed by atoms with van der Waals surface area (Å²) in [5.41, 5.74) is 1.92. The second-order valence-corrected chi connectivity index (χ2v) is 7.58. The van der Waals surface area contributed by atoms with E-state index >= 15 is 0 Å². The molecule has 2 atom stereocenters. The molecule has 27 heavy (non-hydrogen) atoms. The first kappa shape index (κ1) is 17.5. The summed E-state index contributed by atoms with van der Waals surface area (Å²) in [6.07, 6.45) is 1.37. The van der Waals surface area contributed by atoms with Crippen molar-refractivity contribution in [2.24, 2.45) is 0 Å². The van der Waals surface area contributed by atoms with E-state index in [1.54, 1.807) is 6.07 Å². The average Bonchev–Trinajstić information content (AvgIpc) is 3.09. The van der Waals surface area contributed by atoms with Crippen LogP contribution in [0.1, 0.15) is 11.5 Å². The molecule has 0 aliphatic carbocycles. The van der Waals surface area contributed by atoms with E-state index < -0.39 is 13.9 Å². The normalized spacial score (nSPS) is 13.5. The van der Waals surface area contributed by atoms with Crippen LogP contribution in [0.15, 0.2) is 77.4 Å². The SMILES string of the molecule is O=C(Nc1ccc2ccccc2c1)C(C[PH](=O)O)c1coc2ccccc12. The molecule has 136 valence electrons. The molecule has 0 aliphatic rings. The summed E-state index contributed by atoms with van der Waals surface area (Å²) < 4.78 is 17.1. The van der Waals surface area contributed by atoms with Gasteiger partial charge < -0.3 is 14.6 Å². The fraction of sp³-hybridized carbons (Fsp3) is 0.0952. The van der Waals surface area contributed by atoms with Gasteiger partial charge in [0.15, 0.2) is 8.03 Å². The van der Waals surface area contributed by atoms with Crippen molar-refractivity contribution in [3.63, 3.8) is 0 Å². The van der Waals surface area contributed by atoms with Gasteiger partial charge in [-0.1, -0.05) is 48.5 Å². The first-order chi connectivity index (χ1) is 13.1. The molecule has 4 aromatic rings. The van der Waals surface area contributed by atoms with E-state index in [-0.39, 0.29) is 12.1 Å². The van der Waals surface area contributed by atoms with Gasteiger partial charge in [0.2, 0.25) is 5.91 Å². The fourth-order valence-electron chi connectivity index (χ4n) is 3.28. The third-order valence-corrected chi connectivity index (χ3v) is 5.36. The summed E-state index contributed by atoms with van der Waals surface area (Å²) in [4.78, 5) is 22.4. The van der Waals surface area contributed by atoms with Gasteiger partial charge in [0.1, 0.15) is 5.58 Å². The number of hydrogen-bond donors (Lipinski definition) is 2. The fourth-order valence-corrected chi connectivity index (χ4v) is 4.04. The van der Waals surface area contributed by atoms with Crippen LogP contribution in [-0.2, 0) is 9.36 Å². The Hall–Kier alpha value is -2.88. The number of carbonyl (C=O) groups excluding carboxylic acids is 1. The number of para-hydroxylation sites is 1. The van der Waals surface area contributed by atoms with Crippen LogP contribution in [0.4, 0.5) is 5.69 Å². The highest BCUT2D eigenvalue weighted by atomic mass is 31.1. The summed E-state index contributed by atoms with van der Waals surface area (Å²) >= 11 is 0. The van der Waals surface area contributed by atoms with Crippen molar-refractivity contribution in [1.29, 1.82) is 0 Å². The molecular formula is C21H18NO4P. The zero-order valence-corrected chi connectivity index (χ0v) is 15.4. The number of nitrogens with one attached hydrogen (secondary N) is 1. The van der Waals surface area contributed by atoms with Gasteiger partial charge in [-0.05, 0) is 29.0 Å². The number of rotatable bonds is 5. The van der Waals surface area contributed by atoms with Crippen LogP contribution in [0.2, 0.25) is 0 Å². The second-order valence-electron chi connectivity index (χ2n) is 6.39. The Morgan fingerprint density at radius 2 is 1.78 bits per heavy atom. The van der Waals surface area contributed by atoms with Crippen molar-refractivity contribution in [1.82, 2.24) is 0 Å². The lowest BCUT2D eigenvalue weighted by atomic mass is 9.99. The van der Waals surface area contributed by atoms with Gasteiger partial charge in [-0.25, -0.2) is 0 Å². The van der Waals surface area contributed by atoms with Crippen molar-refractivity contribution in [3.05, 3.63) is 78.6 Å². The molecule has 1 aromatic heterocycles. The predicted molar refractivity (Wildman–Crippen MR) is 108 cm³/mol. The number of hydrogen-bond acceptors (Lipinski definition) is 3. The molecule has 0 aliphatic heterocycles. The molecule has 1 heterocycles. The monoisotopic (exact) mass is 379 g/mol. The van der Waals surface area contributed by atoms with E-state index in [9.17, 15) is 14.3 Å². The van der Waals surface area contributed by atoms with Gasteiger partial charge in [0, 0.05) is 22.8 Å². The van der Waals surface area contributed by atoms with Gasteiger partial charge in [-0.15, -0.1) is 0 Å². The lowest BCUT2D eigenvalue weighted by molar-refractivity contribution is -0.117. The van der Waals surface area contributed by atoms with Crippen LogP contribution in [0.25, 0.3) is 21.7 Å². The third kappa shape index (κ3) is 3.65. The highest BCUT2D eigenvalue weighted by Crippen LogP contribution is 2.34. The Kier molecular flexibility index (Phi) is 4.80. The molecule has 0 saturated heterocycles. The molecule has 5 nitrogen and oxygen atoms in total. The molecule has 3 aromatic carbocycles. The lowest BCUT2D eigenvalue weighted by Crippen LogP contribution is -2.22. The number of carbonyl (C=O) groups is 1. The van der Waals surface area contributed by atoms with Gasteiger partial charge in [-0.3, -0.25) is 9.36 Å². The number of amides is 1. The molecule has 0 saturated carbocycles. The number of fused-ring (bicyclic) bond motifs is 2. The van der Waals surface area contributed by atoms with E-state index in [2.05, 4.69) is 5.32 Å². The van der Waals surface area contributed by atoms with E-state index in [4.69, 9.17) is 4.42 Å². The zero-order chi connectivity index (χ0) is 18.8. The van der Waals surface area contributed by atoms with Crippen LogP contribution in [-0.4, -0.2) is 17.0 Å². The van der Waals surface area contributed by atoms with Crippen molar-refractivity contribution in [2.75, 3.05) is 11.5 Å². The van der Waals surface area contributed by atoms with Crippen molar-refractivity contribution in [3.8, 4) is 0 Å². The first-order valence-electron chi connectivity index (χ1n) is 8.59. The highest BCUT2D eigenvalue weighted by Gasteiger charge is 2.26. The minimum absolute atomic E-state index is 0.131. The second kappa shape index (κ2) is 7.39. The molecule has 4 rings (SSSR count). The summed E-state index contributed by atoms with van der Waals surface area (Å²) in [6.45, 7) is 0. The maximum Gasteiger partial charge on any atom is 0.232 e. The molecule has 0 spiro atoms. The van der Waals surface area contributed by atoms with Crippen LogP contribution >= 0.6 is 8.03 Å². The molecule has 6 heteroatoms. The Morgan fingerprint density at radius 1 is 1.04 bits per heavy atom. The largest absolute Gasteiger partial charge is 0.464 e. The van der Waals surface area contributed by atoms with E-state index in [1.807, 2.05) is 60.7 Å². The van der Waals surface area contributed by atoms with Gasteiger partial charge in [0.05, 0.1) is 12.2 Å². The molecule has 2 N–H and O–H groups in total. The van der Waals surface area contributed by atoms with E-state index in [1.165, 1.54) is 6.26 Å². The van der Waals surface area contributed by atoms with Crippen molar-refractivity contribution < 1.29 is 18.7 Å². The van der Waals surface area contributed by atoms with E-state index in [0.717, 1.165) is 16.2 Å². The minimum Gasteiger partial charge on any atom is -0.464 e. The van der Waals surface area contributed by atoms with Gasteiger partial charge in [-0.2, -0.15) is 0 Å². The van der Waals surface area contributed by atoms with Crippen LogP contribution in [0.5, 0.6) is 0 Å². The summed E-state index contributed by atoms with van der Waals surface area (Å²) in [5.74, 6) is -1.10. The highest BCUT2D eigenvalue weighted by molar-refractivity contribution is 7.38. The smallest absolute Gasteiger partial charge is 0.232 e. The summed E-state index contributed by atoms with van der Waals surface area (Å²) in [5, 5.41) is 5.74. The number of benzene rings is 3. The maximum absolute atomic E-state index is 12.9. The lowest BCUT2D eigenvalue weighted by Gasteiger charge is -2.15. The van der Waals surface area contributed by atoms with Crippen molar-refractivity contribution in [2.45, 2.75) is 5.92 Å². The Labute approximate surface area is 156 Å². The summed E-state index contributed by atoms with van der Waals surface area (Å²) in [7, 11) is -2.85. The third-order valence-electron chi connectivity index (χ3n) is 4.60. The molecule has 0 fully saturated rings. The van der Waals surface area contributed by atoms with Gasteiger partial charge in [0.25, 0.3) is 0 Å². The van der Waals surface area contributed by atoms with Gasteiger partial charge >= 0.3 is 0 Å². The molecule has 0 radical (unpaired) electrons. The standard InChI is InChI=1S/C21H18NO4P/c23-21(22-16-10-9-14-5-1-2-6-15(14)11-16)19(13-27(24)25)18-12-26-20-8-4-3-7-17(18)20/h1-12,19,27H,13H2,(H,22,23)(H,24,25). The molecule has 0 bridgehead atoms. The first-order valence-corrected chi connectivity index (χ1v) is 10.2. The quantitative estimate of drug-likeness (QED) is 0.489. The van der Waals surface area contributed by atoms with Crippen LogP contribution in [0.3, 0.4) is 0 Å². The molecule has 2 unspecified atom stereocenters. The maximum atomic E-state index is 12.9. The Balaban J connectivity index is 1.67. The Morgan fingerprint density at radius 3 is 2.59 bits per heavy atom. The average molecular weight is 379 g/mol. The predicted octanol–water partition coefficient (Wildman–Crippen LogP) is 4.78. The number of furan rings is 1. The zero-order valence-electron chi connectivity index (χ0n) is 14.4. The Bertz CT molecular complexity index is 1150. The number of anilines is 1. The van der Waals surface area contributed by atoms with Crippen LogP contribution < -0.4 is 5.32 Å². The van der Waals surface area contributed by atoms with Crippen LogP contribution in [0, 0.1) is 0 Å². The summed E-state index contributed by atoms with van der Waals surface area (Å²) in [6, 6.07) is 20.9.